The Balaban J connectivity index is 1.40. The van der Waals surface area contributed by atoms with E-state index >= 15 is 0 Å². The molecule has 2 N–H and O–H groups in total. The van der Waals surface area contributed by atoms with Crippen molar-refractivity contribution in [3.8, 4) is 0 Å². The first kappa shape index (κ1) is 19.4. The summed E-state index contributed by atoms with van der Waals surface area (Å²) < 4.78 is 1.83. The lowest BCUT2D eigenvalue weighted by atomic mass is 10.2. The number of aryl methyl sites for hydroxylation is 1. The molecule has 4 aromatic rings. The van der Waals surface area contributed by atoms with E-state index in [4.69, 9.17) is 0 Å². The third kappa shape index (κ3) is 4.38. The molecule has 0 atom stereocenters. The topological polar surface area (TPSA) is 88.0 Å². The Morgan fingerprint density at radius 1 is 1.03 bits per heavy atom. The van der Waals surface area contributed by atoms with Crippen LogP contribution in [0.1, 0.15) is 5.69 Å². The maximum absolute atomic E-state index is 12.4. The quantitative estimate of drug-likeness (QED) is 0.513. The van der Waals surface area contributed by atoms with Crippen molar-refractivity contribution in [3.63, 3.8) is 0 Å². The summed E-state index contributed by atoms with van der Waals surface area (Å²) in [4.78, 5) is 27.6. The van der Waals surface area contributed by atoms with Gasteiger partial charge >= 0.3 is 0 Å². The summed E-state index contributed by atoms with van der Waals surface area (Å²) in [6, 6.07) is 17.1. The van der Waals surface area contributed by atoms with Crippen molar-refractivity contribution in [2.45, 2.75) is 13.5 Å². The third-order valence-electron chi connectivity index (χ3n) is 4.57. The number of para-hydroxylation sites is 2. The molecule has 0 aliphatic heterocycles. The second-order valence-corrected chi connectivity index (χ2v) is 7.20. The summed E-state index contributed by atoms with van der Waals surface area (Å²) in [5.74, 6) is 1.25. The Morgan fingerprint density at radius 3 is 2.53 bits per heavy atom. The number of nitrogens with one attached hydrogen (secondary N) is 2. The van der Waals surface area contributed by atoms with Gasteiger partial charge in [0.25, 0.3) is 0 Å². The molecular formula is C22H23N7O. The predicted octanol–water partition coefficient (Wildman–Crippen LogP) is 3.58. The fraction of sp³-hybridized carbons (Fsp3) is 0.182. The van der Waals surface area contributed by atoms with Crippen LogP contribution in [-0.4, -0.2) is 39.5 Å². The molecule has 0 saturated carbocycles. The number of benzene rings is 2. The molecule has 0 saturated heterocycles. The van der Waals surface area contributed by atoms with E-state index in [9.17, 15) is 4.79 Å². The first-order valence-electron chi connectivity index (χ1n) is 9.58. The van der Waals surface area contributed by atoms with Gasteiger partial charge in [-0.25, -0.2) is 9.97 Å². The zero-order chi connectivity index (χ0) is 21.1. The predicted molar refractivity (Wildman–Crippen MR) is 119 cm³/mol. The van der Waals surface area contributed by atoms with E-state index in [-0.39, 0.29) is 12.5 Å². The smallest absolute Gasteiger partial charge is 0.244 e. The van der Waals surface area contributed by atoms with Crippen LogP contribution in [0.4, 0.5) is 23.1 Å². The molecule has 8 heteroatoms. The van der Waals surface area contributed by atoms with Crippen molar-refractivity contribution in [1.82, 2.24) is 19.5 Å². The SMILES string of the molecule is Cc1cc(N(C)C)nc(Nc2ccc(NC(=O)Cn3cnc4ccccc43)cc2)n1. The highest BCUT2D eigenvalue weighted by molar-refractivity contribution is 5.91. The maximum atomic E-state index is 12.4. The average Bonchev–Trinajstić information content (AvgIpc) is 3.12. The highest BCUT2D eigenvalue weighted by atomic mass is 16.1. The third-order valence-corrected chi connectivity index (χ3v) is 4.57. The molecule has 0 spiro atoms. The maximum Gasteiger partial charge on any atom is 0.244 e. The summed E-state index contributed by atoms with van der Waals surface area (Å²) in [6.45, 7) is 2.13. The van der Waals surface area contributed by atoms with Crippen LogP contribution in [0.5, 0.6) is 0 Å². The lowest BCUT2D eigenvalue weighted by molar-refractivity contribution is -0.116. The van der Waals surface area contributed by atoms with Crippen LogP contribution in [0.3, 0.4) is 0 Å². The summed E-state index contributed by atoms with van der Waals surface area (Å²) in [5, 5.41) is 6.12. The number of rotatable bonds is 6. The minimum Gasteiger partial charge on any atom is -0.363 e. The van der Waals surface area contributed by atoms with E-state index in [1.54, 1.807) is 6.33 Å². The minimum absolute atomic E-state index is 0.114. The summed E-state index contributed by atoms with van der Waals surface area (Å²) >= 11 is 0. The number of carbonyl (C=O) groups is 1. The van der Waals surface area contributed by atoms with Gasteiger partial charge < -0.3 is 20.1 Å². The van der Waals surface area contributed by atoms with Crippen molar-refractivity contribution in [2.75, 3.05) is 29.6 Å². The second kappa shape index (κ2) is 8.20. The molecular weight excluding hydrogens is 378 g/mol. The van der Waals surface area contributed by atoms with Crippen molar-refractivity contribution in [2.24, 2.45) is 0 Å². The molecule has 0 aliphatic rings. The van der Waals surface area contributed by atoms with E-state index in [1.807, 2.05) is 85.1 Å². The largest absolute Gasteiger partial charge is 0.363 e. The molecule has 4 rings (SSSR count). The number of hydrogen-bond donors (Lipinski definition) is 2. The van der Waals surface area contributed by atoms with E-state index in [1.165, 1.54) is 0 Å². The number of imidazole rings is 1. The van der Waals surface area contributed by atoms with Gasteiger partial charge in [-0.1, -0.05) is 12.1 Å². The van der Waals surface area contributed by atoms with Crippen molar-refractivity contribution < 1.29 is 4.79 Å². The molecule has 2 heterocycles. The zero-order valence-electron chi connectivity index (χ0n) is 17.1. The van der Waals surface area contributed by atoms with Gasteiger partial charge in [0.15, 0.2) is 0 Å². The Bertz CT molecular complexity index is 1180. The van der Waals surface area contributed by atoms with Gasteiger partial charge in [-0.3, -0.25) is 4.79 Å². The van der Waals surface area contributed by atoms with Gasteiger partial charge in [-0.05, 0) is 43.3 Å². The van der Waals surface area contributed by atoms with Crippen molar-refractivity contribution in [1.29, 1.82) is 0 Å². The van der Waals surface area contributed by atoms with Gasteiger partial charge in [0.1, 0.15) is 12.4 Å². The van der Waals surface area contributed by atoms with Gasteiger partial charge in [0, 0.05) is 37.2 Å². The normalized spacial score (nSPS) is 10.8. The molecule has 30 heavy (non-hydrogen) atoms. The van der Waals surface area contributed by atoms with Crippen LogP contribution in [0.2, 0.25) is 0 Å². The van der Waals surface area contributed by atoms with E-state index in [0.29, 0.717) is 11.6 Å². The molecule has 0 unspecified atom stereocenters. The number of fused-ring (bicyclic) bond motifs is 1. The lowest BCUT2D eigenvalue weighted by Crippen LogP contribution is -2.18. The van der Waals surface area contributed by atoms with Crippen LogP contribution in [-0.2, 0) is 11.3 Å². The number of carbonyl (C=O) groups excluding carboxylic acids is 1. The molecule has 0 aliphatic carbocycles. The molecule has 1 amide bonds. The second-order valence-electron chi connectivity index (χ2n) is 7.20. The van der Waals surface area contributed by atoms with Crippen LogP contribution < -0.4 is 15.5 Å². The molecule has 2 aromatic heterocycles. The van der Waals surface area contributed by atoms with Crippen LogP contribution in [0.15, 0.2) is 60.9 Å². The standard InChI is InChI=1S/C22H23N7O/c1-15-12-20(28(2)3)27-22(24-15)26-17-10-8-16(9-11-17)25-21(30)13-29-14-23-18-6-4-5-7-19(18)29/h4-12,14H,13H2,1-3H3,(H,25,30)(H,24,26,27). The molecule has 2 aromatic carbocycles. The first-order valence-corrected chi connectivity index (χ1v) is 9.58. The van der Waals surface area contributed by atoms with E-state index in [2.05, 4.69) is 25.6 Å². The van der Waals surface area contributed by atoms with Crippen molar-refractivity contribution in [3.05, 3.63) is 66.6 Å². The summed E-state index contributed by atoms with van der Waals surface area (Å²) in [7, 11) is 3.88. The Hall–Kier alpha value is -3.94. The Labute approximate surface area is 174 Å². The molecule has 0 radical (unpaired) electrons. The first-order chi connectivity index (χ1) is 14.5. The van der Waals surface area contributed by atoms with Gasteiger partial charge in [-0.15, -0.1) is 0 Å². The molecule has 152 valence electrons. The van der Waals surface area contributed by atoms with Crippen LogP contribution >= 0.6 is 0 Å². The molecule has 8 nitrogen and oxygen atoms in total. The van der Waals surface area contributed by atoms with Crippen molar-refractivity contribution >= 4 is 40.1 Å². The van der Waals surface area contributed by atoms with E-state index in [0.717, 1.165) is 28.2 Å². The fourth-order valence-electron chi connectivity index (χ4n) is 3.09. The number of amides is 1. The molecule has 0 bridgehead atoms. The molecule has 0 fully saturated rings. The summed E-state index contributed by atoms with van der Waals surface area (Å²) in [5.41, 5.74) is 4.24. The zero-order valence-corrected chi connectivity index (χ0v) is 17.1. The monoisotopic (exact) mass is 401 g/mol. The lowest BCUT2D eigenvalue weighted by Gasteiger charge is -2.14. The number of anilines is 4. The number of aromatic nitrogens is 4. The van der Waals surface area contributed by atoms with Gasteiger partial charge in [0.05, 0.1) is 17.4 Å². The minimum atomic E-state index is -0.114. The van der Waals surface area contributed by atoms with Gasteiger partial charge in [0.2, 0.25) is 11.9 Å². The van der Waals surface area contributed by atoms with Crippen LogP contribution in [0, 0.1) is 6.92 Å². The van der Waals surface area contributed by atoms with Gasteiger partial charge in [-0.2, -0.15) is 4.98 Å². The average molecular weight is 401 g/mol. The Morgan fingerprint density at radius 2 is 1.77 bits per heavy atom. The fourth-order valence-corrected chi connectivity index (χ4v) is 3.09. The Kier molecular flexibility index (Phi) is 5.30. The van der Waals surface area contributed by atoms with Crippen LogP contribution in [0.25, 0.3) is 11.0 Å². The number of nitrogens with zero attached hydrogens (tertiary/aromatic N) is 5. The number of hydrogen-bond acceptors (Lipinski definition) is 6. The summed E-state index contributed by atoms with van der Waals surface area (Å²) in [6.07, 6.45) is 1.68. The van der Waals surface area contributed by atoms with E-state index < -0.39 is 0 Å². The highest BCUT2D eigenvalue weighted by Gasteiger charge is 2.08. The highest BCUT2D eigenvalue weighted by Crippen LogP contribution is 2.19.